The first-order chi connectivity index (χ1) is 10.9. The number of benzene rings is 1. The van der Waals surface area contributed by atoms with Crippen LogP contribution >= 0.6 is 0 Å². The molecule has 0 N–H and O–H groups in total. The quantitative estimate of drug-likeness (QED) is 0.763. The summed E-state index contributed by atoms with van der Waals surface area (Å²) in [6.07, 6.45) is 0. The van der Waals surface area contributed by atoms with Crippen LogP contribution in [0.2, 0.25) is 0 Å². The summed E-state index contributed by atoms with van der Waals surface area (Å²) in [6.45, 7) is 11.7. The lowest BCUT2D eigenvalue weighted by molar-refractivity contribution is 0.00578. The summed E-state index contributed by atoms with van der Waals surface area (Å²) in [6, 6.07) is 7.34. The van der Waals surface area contributed by atoms with Gasteiger partial charge in [0, 0.05) is 12.5 Å². The third kappa shape index (κ3) is 3.63. The number of sulfonamides is 1. The molecule has 0 radical (unpaired) electrons. The maximum Gasteiger partial charge on any atom is 0.497 e. The van der Waals surface area contributed by atoms with Crippen molar-refractivity contribution in [2.75, 3.05) is 17.1 Å². The Balaban J connectivity index is 2.39. The average molecular weight is 353 g/mol. The third-order valence-electron chi connectivity index (χ3n) is 4.74. The maximum atomic E-state index is 12.6. The van der Waals surface area contributed by atoms with Gasteiger partial charge in [0.2, 0.25) is 10.0 Å². The largest absolute Gasteiger partial charge is 0.497 e. The summed E-state index contributed by atoms with van der Waals surface area (Å²) in [5, 5.41) is 0. The SMILES string of the molecule is CC(C)CS(=O)(=O)N(C)c1ccccc1B1OC(C)(C)C(C)(C)O1. The van der Waals surface area contributed by atoms with Crippen LogP contribution in [0, 0.1) is 5.92 Å². The fourth-order valence-corrected chi connectivity index (χ4v) is 4.16. The van der Waals surface area contributed by atoms with Crippen molar-refractivity contribution in [3.8, 4) is 0 Å². The number of rotatable bonds is 5. The fourth-order valence-electron chi connectivity index (χ4n) is 2.63. The van der Waals surface area contributed by atoms with Crippen LogP contribution in [-0.4, -0.2) is 39.5 Å². The van der Waals surface area contributed by atoms with Crippen LogP contribution in [-0.2, 0) is 19.3 Å². The molecular formula is C17H28BNO4S. The molecule has 24 heavy (non-hydrogen) atoms. The molecule has 1 aliphatic heterocycles. The van der Waals surface area contributed by atoms with E-state index in [4.69, 9.17) is 9.31 Å². The molecule has 0 saturated carbocycles. The molecule has 2 rings (SSSR count). The molecule has 1 fully saturated rings. The maximum absolute atomic E-state index is 12.6. The Morgan fingerprint density at radius 2 is 1.58 bits per heavy atom. The first-order valence-corrected chi connectivity index (χ1v) is 9.89. The van der Waals surface area contributed by atoms with E-state index in [0.717, 1.165) is 5.46 Å². The molecule has 1 aromatic carbocycles. The number of hydrogen-bond acceptors (Lipinski definition) is 4. The summed E-state index contributed by atoms with van der Waals surface area (Å²) >= 11 is 0. The molecule has 1 heterocycles. The lowest BCUT2D eigenvalue weighted by Crippen LogP contribution is -2.41. The predicted molar refractivity (Wildman–Crippen MR) is 99.2 cm³/mol. The predicted octanol–water partition coefficient (Wildman–Crippen LogP) is 2.41. The summed E-state index contributed by atoms with van der Waals surface area (Å²) in [4.78, 5) is 0. The first-order valence-electron chi connectivity index (χ1n) is 8.28. The molecular weight excluding hydrogens is 325 g/mol. The van der Waals surface area contributed by atoms with Gasteiger partial charge in [-0.3, -0.25) is 4.31 Å². The van der Waals surface area contributed by atoms with Crippen molar-refractivity contribution >= 4 is 28.3 Å². The summed E-state index contributed by atoms with van der Waals surface area (Å²) in [5.74, 6) is 0.155. The Hall–Kier alpha value is -1.05. The zero-order valence-electron chi connectivity index (χ0n) is 15.7. The van der Waals surface area contributed by atoms with Gasteiger partial charge in [0.15, 0.2) is 0 Å². The fraction of sp³-hybridized carbons (Fsp3) is 0.647. The average Bonchev–Trinajstić information content (AvgIpc) is 2.65. The summed E-state index contributed by atoms with van der Waals surface area (Å²) in [7, 11) is -2.41. The zero-order chi connectivity index (χ0) is 18.3. The molecule has 0 amide bonds. The minimum atomic E-state index is -3.40. The minimum Gasteiger partial charge on any atom is -0.399 e. The van der Waals surface area contributed by atoms with Gasteiger partial charge in [-0.05, 0) is 39.7 Å². The second kappa shape index (κ2) is 6.35. The lowest BCUT2D eigenvalue weighted by Gasteiger charge is -2.32. The van der Waals surface area contributed by atoms with E-state index in [-0.39, 0.29) is 11.7 Å². The van der Waals surface area contributed by atoms with Crippen molar-refractivity contribution < 1.29 is 17.7 Å². The second-order valence-corrected chi connectivity index (χ2v) is 9.83. The van der Waals surface area contributed by atoms with Crippen LogP contribution in [0.3, 0.4) is 0 Å². The van der Waals surface area contributed by atoms with Crippen LogP contribution in [0.4, 0.5) is 5.69 Å². The Kier molecular flexibility index (Phi) is 5.10. The highest BCUT2D eigenvalue weighted by atomic mass is 32.2. The van der Waals surface area contributed by atoms with E-state index in [0.29, 0.717) is 5.69 Å². The molecule has 5 nitrogen and oxygen atoms in total. The molecule has 7 heteroatoms. The van der Waals surface area contributed by atoms with E-state index in [1.807, 2.05) is 59.7 Å². The molecule has 0 atom stereocenters. The van der Waals surface area contributed by atoms with Gasteiger partial charge in [-0.2, -0.15) is 0 Å². The van der Waals surface area contributed by atoms with Gasteiger partial charge >= 0.3 is 7.12 Å². The van der Waals surface area contributed by atoms with E-state index in [1.54, 1.807) is 13.1 Å². The van der Waals surface area contributed by atoms with Crippen LogP contribution < -0.4 is 9.77 Å². The molecule has 0 aromatic heterocycles. The molecule has 1 aliphatic rings. The summed E-state index contributed by atoms with van der Waals surface area (Å²) < 4.78 is 38.7. The molecule has 0 bridgehead atoms. The van der Waals surface area contributed by atoms with Gasteiger partial charge in [0.1, 0.15) is 0 Å². The van der Waals surface area contributed by atoms with Crippen LogP contribution in [0.5, 0.6) is 0 Å². The monoisotopic (exact) mass is 353 g/mol. The van der Waals surface area contributed by atoms with E-state index >= 15 is 0 Å². The number of para-hydroxylation sites is 1. The molecule has 0 aliphatic carbocycles. The molecule has 0 spiro atoms. The van der Waals surface area contributed by atoms with Crippen LogP contribution in [0.15, 0.2) is 24.3 Å². The Bertz CT molecular complexity index is 684. The number of anilines is 1. The van der Waals surface area contributed by atoms with Crippen molar-refractivity contribution in [2.24, 2.45) is 5.92 Å². The Morgan fingerprint density at radius 3 is 2.08 bits per heavy atom. The third-order valence-corrected chi connectivity index (χ3v) is 6.86. The smallest absolute Gasteiger partial charge is 0.399 e. The van der Waals surface area contributed by atoms with E-state index < -0.39 is 28.3 Å². The van der Waals surface area contributed by atoms with E-state index in [2.05, 4.69) is 0 Å². The summed E-state index contributed by atoms with van der Waals surface area (Å²) in [5.41, 5.74) is 0.378. The topological polar surface area (TPSA) is 55.8 Å². The van der Waals surface area contributed by atoms with Gasteiger partial charge in [-0.15, -0.1) is 0 Å². The van der Waals surface area contributed by atoms with Crippen molar-refractivity contribution in [1.29, 1.82) is 0 Å². The molecule has 0 unspecified atom stereocenters. The van der Waals surface area contributed by atoms with Gasteiger partial charge < -0.3 is 9.31 Å². The van der Waals surface area contributed by atoms with Crippen molar-refractivity contribution in [1.82, 2.24) is 0 Å². The number of nitrogens with zero attached hydrogens (tertiary/aromatic N) is 1. The number of hydrogen-bond donors (Lipinski definition) is 0. The molecule has 1 aromatic rings. The van der Waals surface area contributed by atoms with Crippen LogP contribution in [0.25, 0.3) is 0 Å². The van der Waals surface area contributed by atoms with Gasteiger partial charge in [-0.25, -0.2) is 8.42 Å². The standard InChI is InChI=1S/C17H28BNO4S/c1-13(2)12-24(20,21)19(7)15-11-9-8-10-14(15)18-22-16(3,4)17(5,6)23-18/h8-11,13H,12H2,1-7H3. The lowest BCUT2D eigenvalue weighted by atomic mass is 9.78. The van der Waals surface area contributed by atoms with E-state index in [1.165, 1.54) is 4.31 Å². The molecule has 1 saturated heterocycles. The minimum absolute atomic E-state index is 0.0569. The van der Waals surface area contributed by atoms with Gasteiger partial charge in [0.05, 0.1) is 22.6 Å². The van der Waals surface area contributed by atoms with Crippen molar-refractivity contribution in [3.63, 3.8) is 0 Å². The zero-order valence-corrected chi connectivity index (χ0v) is 16.5. The Labute approximate surface area is 146 Å². The second-order valence-electron chi connectivity index (χ2n) is 7.79. The first kappa shape index (κ1) is 19.3. The van der Waals surface area contributed by atoms with Crippen molar-refractivity contribution in [2.45, 2.75) is 52.7 Å². The highest BCUT2D eigenvalue weighted by Gasteiger charge is 2.52. The van der Waals surface area contributed by atoms with Crippen molar-refractivity contribution in [3.05, 3.63) is 24.3 Å². The van der Waals surface area contributed by atoms with Gasteiger partial charge in [0.25, 0.3) is 0 Å². The normalized spacial score (nSPS) is 19.8. The van der Waals surface area contributed by atoms with Crippen LogP contribution in [0.1, 0.15) is 41.5 Å². The van der Waals surface area contributed by atoms with E-state index in [9.17, 15) is 8.42 Å². The van der Waals surface area contributed by atoms with Gasteiger partial charge in [-0.1, -0.05) is 32.0 Å². The highest BCUT2D eigenvalue weighted by Crippen LogP contribution is 2.37. The highest BCUT2D eigenvalue weighted by molar-refractivity contribution is 7.92. The Morgan fingerprint density at radius 1 is 1.08 bits per heavy atom. The molecule has 134 valence electrons.